The molecule has 2 heterocycles. The number of benzene rings is 2. The summed E-state index contributed by atoms with van der Waals surface area (Å²) < 4.78 is 17.8. The van der Waals surface area contributed by atoms with Crippen LogP contribution in [0.25, 0.3) is 22.0 Å². The molecule has 0 fully saturated rings. The first-order valence-corrected chi connectivity index (χ1v) is 9.46. The maximum Gasteiger partial charge on any atom is 0.259 e. The van der Waals surface area contributed by atoms with Gasteiger partial charge in [-0.1, -0.05) is 0 Å². The molecule has 0 atom stereocenters. The van der Waals surface area contributed by atoms with E-state index in [2.05, 4.69) is 0 Å². The van der Waals surface area contributed by atoms with Crippen LogP contribution in [0.2, 0.25) is 0 Å². The number of fused-ring (bicyclic) bond motifs is 6. The molecule has 1 aromatic heterocycles. The van der Waals surface area contributed by atoms with E-state index in [0.29, 0.717) is 69.3 Å². The van der Waals surface area contributed by atoms with Crippen molar-refractivity contribution < 1.29 is 19.0 Å². The number of rotatable bonds is 4. The van der Waals surface area contributed by atoms with Crippen molar-refractivity contribution in [3.8, 4) is 28.5 Å². The van der Waals surface area contributed by atoms with E-state index in [9.17, 15) is 9.59 Å². The largest absolute Gasteiger partial charge is 0.497 e. The highest BCUT2D eigenvalue weighted by Crippen LogP contribution is 2.46. The molecule has 28 heavy (non-hydrogen) atoms. The van der Waals surface area contributed by atoms with Gasteiger partial charge in [0.25, 0.3) is 5.56 Å². The Morgan fingerprint density at radius 3 is 2.54 bits per heavy atom. The van der Waals surface area contributed by atoms with Crippen LogP contribution >= 0.6 is 11.6 Å². The number of carbonyl (C=O) groups is 1. The summed E-state index contributed by atoms with van der Waals surface area (Å²) in [7, 11) is 1.54. The molecule has 1 aliphatic carbocycles. The lowest BCUT2D eigenvalue weighted by molar-refractivity contribution is 0.104. The molecule has 7 heteroatoms. The van der Waals surface area contributed by atoms with E-state index in [4.69, 9.17) is 25.8 Å². The van der Waals surface area contributed by atoms with Crippen molar-refractivity contribution in [2.24, 2.45) is 0 Å². The number of carbonyl (C=O) groups excluding carboxylic acids is 1. The van der Waals surface area contributed by atoms with Crippen LogP contribution in [0.1, 0.15) is 22.3 Å². The summed E-state index contributed by atoms with van der Waals surface area (Å²) >= 11 is 5.89. The number of hydrogen-bond acceptors (Lipinski definition) is 5. The smallest absolute Gasteiger partial charge is 0.259 e. The molecule has 2 aliphatic rings. The van der Waals surface area contributed by atoms with E-state index < -0.39 is 0 Å². The minimum atomic E-state index is -0.170. The summed E-state index contributed by atoms with van der Waals surface area (Å²) in [5, 5.41) is 1.07. The summed E-state index contributed by atoms with van der Waals surface area (Å²) in [6.45, 7) is 0.537. The molecule has 0 spiro atoms. The number of halogens is 1. The molecular weight excluding hydrogens is 382 g/mol. The Bertz CT molecular complexity index is 1210. The summed E-state index contributed by atoms with van der Waals surface area (Å²) in [6, 6.07) is 8.69. The molecule has 0 unspecified atom stereocenters. The van der Waals surface area contributed by atoms with E-state index >= 15 is 0 Å². The van der Waals surface area contributed by atoms with Crippen LogP contribution in [-0.2, 0) is 6.54 Å². The van der Waals surface area contributed by atoms with Crippen LogP contribution < -0.4 is 19.8 Å². The number of ether oxygens (including phenoxy) is 3. The van der Waals surface area contributed by atoms with E-state index in [1.54, 1.807) is 42.0 Å². The fraction of sp³-hybridized carbons (Fsp3) is 0.238. The Morgan fingerprint density at radius 2 is 1.82 bits per heavy atom. The molecule has 0 amide bonds. The predicted molar refractivity (Wildman–Crippen MR) is 105 cm³/mol. The molecule has 5 rings (SSSR count). The van der Waals surface area contributed by atoms with E-state index in [1.807, 2.05) is 0 Å². The first kappa shape index (κ1) is 17.1. The standard InChI is InChI=1S/C21H16ClNO5/c1-26-11-3-4-12-15(7-11)21(25)23(6-2-5-22)19-13-8-16-17(28-10-27-16)9-14(13)20(24)18(12)19/h3-4,7-9H,2,5-6,10H2,1H3. The SMILES string of the molecule is COc1ccc2c3c(n(CCCCl)c(=O)c2c1)-c1cc2c(cc1C3=O)OCO2. The monoisotopic (exact) mass is 397 g/mol. The van der Waals surface area contributed by atoms with Crippen LogP contribution in [0.5, 0.6) is 17.2 Å². The van der Waals surface area contributed by atoms with E-state index in [1.165, 1.54) is 0 Å². The van der Waals surface area contributed by atoms with Gasteiger partial charge in [0.05, 0.1) is 23.8 Å². The van der Waals surface area contributed by atoms with Crippen molar-refractivity contribution in [2.75, 3.05) is 19.8 Å². The summed E-state index contributed by atoms with van der Waals surface area (Å²) in [6.07, 6.45) is 0.609. The van der Waals surface area contributed by atoms with E-state index in [-0.39, 0.29) is 18.1 Å². The zero-order valence-electron chi connectivity index (χ0n) is 15.1. The minimum Gasteiger partial charge on any atom is -0.497 e. The third kappa shape index (κ3) is 2.27. The first-order chi connectivity index (χ1) is 13.6. The van der Waals surface area contributed by atoms with Gasteiger partial charge in [0.1, 0.15) is 5.75 Å². The zero-order chi connectivity index (χ0) is 19.4. The van der Waals surface area contributed by atoms with Gasteiger partial charge >= 0.3 is 0 Å². The number of hydrogen-bond donors (Lipinski definition) is 0. The lowest BCUT2D eigenvalue weighted by atomic mass is 10.0. The van der Waals surface area contributed by atoms with Crippen LogP contribution in [0.4, 0.5) is 0 Å². The van der Waals surface area contributed by atoms with Gasteiger partial charge in [-0.25, -0.2) is 0 Å². The van der Waals surface area contributed by atoms with Crippen molar-refractivity contribution in [1.82, 2.24) is 4.57 Å². The molecule has 1 aliphatic heterocycles. The van der Waals surface area contributed by atoms with Crippen molar-refractivity contribution in [3.05, 3.63) is 51.8 Å². The highest BCUT2D eigenvalue weighted by atomic mass is 35.5. The maximum absolute atomic E-state index is 13.3. The quantitative estimate of drug-likeness (QED) is 0.492. The van der Waals surface area contributed by atoms with Crippen molar-refractivity contribution in [2.45, 2.75) is 13.0 Å². The average molecular weight is 398 g/mol. The first-order valence-electron chi connectivity index (χ1n) is 8.93. The Kier molecular flexibility index (Phi) is 3.84. The average Bonchev–Trinajstić information content (AvgIpc) is 3.28. The number of aromatic nitrogens is 1. The van der Waals surface area contributed by atoms with Crippen LogP contribution in [0.3, 0.4) is 0 Å². The molecule has 0 radical (unpaired) electrons. The Labute approximate surface area is 165 Å². The van der Waals surface area contributed by atoms with Crippen LogP contribution in [0, 0.1) is 0 Å². The number of methoxy groups -OCH3 is 1. The molecule has 6 nitrogen and oxygen atoms in total. The lowest BCUT2D eigenvalue weighted by Gasteiger charge is -2.15. The minimum absolute atomic E-state index is 0.121. The Hall–Kier alpha value is -2.99. The van der Waals surface area contributed by atoms with Gasteiger partial charge in [-0.2, -0.15) is 0 Å². The predicted octanol–water partition coefficient (Wildman–Crippen LogP) is 3.58. The van der Waals surface area contributed by atoms with Gasteiger partial charge in [0.15, 0.2) is 17.3 Å². The highest BCUT2D eigenvalue weighted by molar-refractivity contribution is 6.27. The molecule has 0 saturated carbocycles. The van der Waals surface area contributed by atoms with Crippen LogP contribution in [0.15, 0.2) is 35.1 Å². The topological polar surface area (TPSA) is 66.8 Å². The zero-order valence-corrected chi connectivity index (χ0v) is 15.8. The highest BCUT2D eigenvalue weighted by Gasteiger charge is 2.35. The number of alkyl halides is 1. The number of ketones is 1. The molecular formula is C21H16ClNO5. The Balaban J connectivity index is 1.88. The number of nitrogens with zero attached hydrogens (tertiary/aromatic N) is 1. The van der Waals surface area contributed by atoms with Gasteiger partial charge in [-0.15, -0.1) is 11.6 Å². The molecule has 0 saturated heterocycles. The summed E-state index contributed by atoms with van der Waals surface area (Å²) in [5.74, 6) is 1.97. The maximum atomic E-state index is 13.3. The number of pyridine rings is 1. The van der Waals surface area contributed by atoms with Gasteiger partial charge in [-0.05, 0) is 36.8 Å². The molecule has 0 bridgehead atoms. The molecule has 3 aromatic rings. The third-order valence-electron chi connectivity index (χ3n) is 5.23. The van der Waals surface area contributed by atoms with Gasteiger partial charge in [0, 0.05) is 28.9 Å². The van der Waals surface area contributed by atoms with Crippen molar-refractivity contribution >= 4 is 28.2 Å². The Morgan fingerprint density at radius 1 is 1.07 bits per heavy atom. The van der Waals surface area contributed by atoms with Gasteiger partial charge in [0.2, 0.25) is 6.79 Å². The van der Waals surface area contributed by atoms with Gasteiger partial charge < -0.3 is 18.8 Å². The fourth-order valence-electron chi connectivity index (χ4n) is 3.96. The lowest BCUT2D eigenvalue weighted by Crippen LogP contribution is -2.23. The molecule has 2 aromatic carbocycles. The summed E-state index contributed by atoms with van der Waals surface area (Å²) in [5.41, 5.74) is 2.17. The fourth-order valence-corrected chi connectivity index (χ4v) is 4.08. The molecule has 0 N–H and O–H groups in total. The van der Waals surface area contributed by atoms with Crippen molar-refractivity contribution in [3.63, 3.8) is 0 Å². The second-order valence-corrected chi connectivity index (χ2v) is 7.09. The van der Waals surface area contributed by atoms with E-state index in [0.717, 1.165) is 0 Å². The van der Waals surface area contributed by atoms with Crippen molar-refractivity contribution in [1.29, 1.82) is 0 Å². The summed E-state index contributed by atoms with van der Waals surface area (Å²) in [4.78, 5) is 26.6. The van der Waals surface area contributed by atoms with Crippen LogP contribution in [-0.4, -0.2) is 30.1 Å². The normalized spacial score (nSPS) is 13.7. The third-order valence-corrected chi connectivity index (χ3v) is 5.50. The molecule has 142 valence electrons. The second kappa shape index (κ2) is 6.27. The van der Waals surface area contributed by atoms with Gasteiger partial charge in [-0.3, -0.25) is 9.59 Å². The second-order valence-electron chi connectivity index (χ2n) is 6.71.